The van der Waals surface area contributed by atoms with Crippen LogP contribution in [0.2, 0.25) is 0 Å². The van der Waals surface area contributed by atoms with Gasteiger partial charge in [-0.15, -0.1) is 0 Å². The first-order chi connectivity index (χ1) is 14.7. The fraction of sp³-hybridized carbons (Fsp3) is 0.409. The normalized spacial score (nSPS) is 18.9. The number of piperazine rings is 1. The zero-order valence-electron chi connectivity index (χ0n) is 16.7. The third kappa shape index (κ3) is 3.70. The van der Waals surface area contributed by atoms with Crippen LogP contribution in [-0.4, -0.2) is 77.6 Å². The topological polar surface area (TPSA) is 75.2 Å². The van der Waals surface area contributed by atoms with Crippen LogP contribution < -0.4 is 9.47 Å². The van der Waals surface area contributed by atoms with Gasteiger partial charge in [0.2, 0.25) is 12.7 Å². The molecule has 2 saturated heterocycles. The van der Waals surface area contributed by atoms with Crippen LogP contribution in [0.4, 0.5) is 0 Å². The Labute approximate surface area is 175 Å². The van der Waals surface area contributed by atoms with E-state index in [1.165, 1.54) is 0 Å². The van der Waals surface area contributed by atoms with Gasteiger partial charge in [-0.05, 0) is 30.3 Å². The first-order valence-electron chi connectivity index (χ1n) is 10.3. The van der Waals surface area contributed by atoms with Crippen molar-refractivity contribution < 1.29 is 19.1 Å². The average Bonchev–Trinajstić information content (AvgIpc) is 3.21. The van der Waals surface area contributed by atoms with Gasteiger partial charge in [-0.25, -0.2) is 0 Å². The molecule has 8 nitrogen and oxygen atoms in total. The molecule has 3 aliphatic rings. The third-order valence-corrected chi connectivity index (χ3v) is 5.93. The predicted octanol–water partition coefficient (Wildman–Crippen LogP) is 1.23. The monoisotopic (exact) mass is 408 g/mol. The molecule has 0 radical (unpaired) electrons. The molecule has 0 bridgehead atoms. The molecule has 30 heavy (non-hydrogen) atoms. The summed E-state index contributed by atoms with van der Waals surface area (Å²) in [7, 11) is 0. The van der Waals surface area contributed by atoms with Crippen molar-refractivity contribution in [3.8, 4) is 11.5 Å². The Morgan fingerprint density at radius 3 is 2.53 bits per heavy atom. The lowest BCUT2D eigenvalue weighted by molar-refractivity contribution is -0.141. The number of benzene rings is 1. The largest absolute Gasteiger partial charge is 0.454 e. The number of hydrogen-bond acceptors (Lipinski definition) is 6. The van der Waals surface area contributed by atoms with Crippen molar-refractivity contribution in [3.05, 3.63) is 53.9 Å². The molecule has 0 unspecified atom stereocenters. The van der Waals surface area contributed by atoms with Gasteiger partial charge in [0.15, 0.2) is 11.5 Å². The van der Waals surface area contributed by atoms with Crippen molar-refractivity contribution in [2.45, 2.75) is 6.54 Å². The van der Waals surface area contributed by atoms with Crippen LogP contribution in [0.5, 0.6) is 11.5 Å². The number of carbonyl (C=O) groups excluding carboxylic acids is 2. The number of hydrogen-bond donors (Lipinski definition) is 0. The highest BCUT2D eigenvalue weighted by molar-refractivity contribution is 5.96. The molecule has 0 saturated carbocycles. The zero-order chi connectivity index (χ0) is 20.5. The Morgan fingerprint density at radius 2 is 1.77 bits per heavy atom. The van der Waals surface area contributed by atoms with E-state index in [1.54, 1.807) is 23.1 Å². The van der Waals surface area contributed by atoms with E-state index < -0.39 is 0 Å². The first kappa shape index (κ1) is 18.9. The van der Waals surface area contributed by atoms with Crippen molar-refractivity contribution in [3.63, 3.8) is 0 Å². The number of ether oxygens (including phenoxy) is 2. The standard InChI is InChI=1S/C22H24N4O4/c27-21(16-4-5-19-20(11-16)30-15-29-19)26-12-17(13-26)22(28)25-9-7-24(8-10-25)14-18-3-1-2-6-23-18/h1-6,11,17H,7-10,12-15H2. The molecular formula is C22H24N4O4. The molecule has 2 aromatic rings. The van der Waals surface area contributed by atoms with Crippen LogP contribution in [0, 0.1) is 5.92 Å². The molecule has 1 aromatic carbocycles. The SMILES string of the molecule is O=C(c1ccc2c(c1)OCO2)N1CC(C(=O)N2CCN(Cc3ccccn3)CC2)C1. The summed E-state index contributed by atoms with van der Waals surface area (Å²) >= 11 is 0. The van der Waals surface area contributed by atoms with E-state index in [2.05, 4.69) is 9.88 Å². The Balaban J connectivity index is 1.10. The van der Waals surface area contributed by atoms with Gasteiger partial charge in [0.1, 0.15) is 0 Å². The van der Waals surface area contributed by atoms with E-state index in [0.29, 0.717) is 30.2 Å². The fourth-order valence-corrected chi connectivity index (χ4v) is 4.12. The summed E-state index contributed by atoms with van der Waals surface area (Å²) in [5, 5.41) is 0. The molecule has 0 atom stereocenters. The van der Waals surface area contributed by atoms with Gasteiger partial charge in [0.25, 0.3) is 5.91 Å². The van der Waals surface area contributed by atoms with Crippen LogP contribution in [0.3, 0.4) is 0 Å². The first-order valence-corrected chi connectivity index (χ1v) is 10.3. The van der Waals surface area contributed by atoms with Gasteiger partial charge in [0.05, 0.1) is 11.6 Å². The molecule has 5 rings (SSSR count). The summed E-state index contributed by atoms with van der Waals surface area (Å²) in [5.41, 5.74) is 1.61. The predicted molar refractivity (Wildman–Crippen MR) is 108 cm³/mol. The van der Waals surface area contributed by atoms with Crippen LogP contribution in [0.1, 0.15) is 16.1 Å². The van der Waals surface area contributed by atoms with Crippen molar-refractivity contribution in [2.24, 2.45) is 5.92 Å². The quantitative estimate of drug-likeness (QED) is 0.758. The highest BCUT2D eigenvalue weighted by Crippen LogP contribution is 2.33. The Morgan fingerprint density at radius 1 is 0.967 bits per heavy atom. The van der Waals surface area contributed by atoms with Crippen LogP contribution in [0.15, 0.2) is 42.6 Å². The fourth-order valence-electron chi connectivity index (χ4n) is 4.12. The van der Waals surface area contributed by atoms with Crippen molar-refractivity contribution >= 4 is 11.8 Å². The average molecular weight is 408 g/mol. The molecule has 0 aliphatic carbocycles. The molecular weight excluding hydrogens is 384 g/mol. The molecule has 0 N–H and O–H groups in total. The minimum atomic E-state index is -0.106. The molecule has 1 aromatic heterocycles. The highest BCUT2D eigenvalue weighted by Gasteiger charge is 2.39. The minimum Gasteiger partial charge on any atom is -0.454 e. The number of pyridine rings is 1. The van der Waals surface area contributed by atoms with Gasteiger partial charge in [-0.2, -0.15) is 0 Å². The molecule has 2 fully saturated rings. The lowest BCUT2D eigenvalue weighted by Crippen LogP contribution is -2.59. The second-order valence-corrected chi connectivity index (χ2v) is 7.90. The van der Waals surface area contributed by atoms with Gasteiger partial charge in [-0.1, -0.05) is 6.07 Å². The van der Waals surface area contributed by atoms with E-state index >= 15 is 0 Å². The Bertz CT molecular complexity index is 937. The number of amides is 2. The number of carbonyl (C=O) groups is 2. The molecule has 8 heteroatoms. The smallest absolute Gasteiger partial charge is 0.254 e. The number of nitrogens with zero attached hydrogens (tertiary/aromatic N) is 4. The molecule has 2 amide bonds. The second-order valence-electron chi connectivity index (χ2n) is 7.90. The number of rotatable bonds is 4. The Kier molecular flexibility index (Phi) is 5.00. The second kappa shape index (κ2) is 7.95. The van der Waals surface area contributed by atoms with Crippen LogP contribution in [0.25, 0.3) is 0 Å². The summed E-state index contributed by atoms with van der Waals surface area (Å²) in [5.74, 6) is 1.23. The summed E-state index contributed by atoms with van der Waals surface area (Å²) in [6.45, 7) is 5.06. The highest BCUT2D eigenvalue weighted by atomic mass is 16.7. The molecule has 4 heterocycles. The maximum Gasteiger partial charge on any atom is 0.254 e. The minimum absolute atomic E-state index is 0.0717. The molecule has 0 spiro atoms. The van der Waals surface area contributed by atoms with Gasteiger partial charge in [0, 0.05) is 57.6 Å². The summed E-state index contributed by atoms with van der Waals surface area (Å²) < 4.78 is 10.6. The van der Waals surface area contributed by atoms with Gasteiger partial charge >= 0.3 is 0 Å². The third-order valence-electron chi connectivity index (χ3n) is 5.93. The lowest BCUT2D eigenvalue weighted by atomic mass is 9.96. The van der Waals surface area contributed by atoms with Crippen molar-refractivity contribution in [2.75, 3.05) is 46.1 Å². The summed E-state index contributed by atoms with van der Waals surface area (Å²) in [6, 6.07) is 11.1. The lowest BCUT2D eigenvalue weighted by Gasteiger charge is -2.42. The van der Waals surface area contributed by atoms with Crippen molar-refractivity contribution in [1.82, 2.24) is 19.7 Å². The van der Waals surface area contributed by atoms with Gasteiger partial charge < -0.3 is 19.3 Å². The van der Waals surface area contributed by atoms with Gasteiger partial charge in [-0.3, -0.25) is 19.5 Å². The van der Waals surface area contributed by atoms with Crippen LogP contribution >= 0.6 is 0 Å². The maximum atomic E-state index is 12.8. The number of likely N-dealkylation sites (tertiary alicyclic amines) is 1. The Hall–Kier alpha value is -3.13. The van der Waals surface area contributed by atoms with E-state index in [-0.39, 0.29) is 24.5 Å². The molecule has 3 aliphatic heterocycles. The summed E-state index contributed by atoms with van der Waals surface area (Å²) in [4.78, 5) is 35.8. The number of aromatic nitrogens is 1. The molecule has 156 valence electrons. The maximum absolute atomic E-state index is 12.8. The van der Waals surface area contributed by atoms with E-state index in [9.17, 15) is 9.59 Å². The number of fused-ring (bicyclic) bond motifs is 1. The van der Waals surface area contributed by atoms with E-state index in [1.807, 2.05) is 29.3 Å². The van der Waals surface area contributed by atoms with E-state index in [0.717, 1.165) is 38.4 Å². The summed E-state index contributed by atoms with van der Waals surface area (Å²) in [6.07, 6.45) is 1.81. The van der Waals surface area contributed by atoms with Crippen LogP contribution in [-0.2, 0) is 11.3 Å². The van der Waals surface area contributed by atoms with E-state index in [4.69, 9.17) is 9.47 Å². The zero-order valence-corrected chi connectivity index (χ0v) is 16.7. The van der Waals surface area contributed by atoms with Crippen molar-refractivity contribution in [1.29, 1.82) is 0 Å².